The van der Waals surface area contributed by atoms with Crippen LogP contribution in [0, 0.1) is 17.1 Å². The minimum atomic E-state index is -1.47. The maximum atomic E-state index is 13.5. The van der Waals surface area contributed by atoms with Crippen LogP contribution < -0.4 is 0 Å². The Hall–Kier alpha value is -0.670. The maximum Gasteiger partial charge on any atom is 0.131 e. The first-order valence-corrected chi connectivity index (χ1v) is 5.52. The molecule has 0 amide bonds. The van der Waals surface area contributed by atoms with E-state index in [1.807, 2.05) is 0 Å². The molecule has 0 spiro atoms. The Labute approximate surface area is 105 Å². The average molecular weight is 309 g/mol. The highest BCUT2D eigenvalue weighted by Crippen LogP contribution is 2.31. The normalized spacial score (nSPS) is 14.2. The molecule has 0 saturated heterocycles. The predicted molar refractivity (Wildman–Crippen MR) is 60.3 cm³/mol. The van der Waals surface area contributed by atoms with Gasteiger partial charge in [-0.1, -0.05) is 27.5 Å². The molecule has 0 aliphatic carbocycles. The number of nitrogens with zero attached hydrogens (tertiary/aromatic N) is 1. The summed E-state index contributed by atoms with van der Waals surface area (Å²) in [6.45, 7) is 0. The molecule has 1 aromatic carbocycles. The Kier molecular flexibility index (Phi) is 4.69. The largest absolute Gasteiger partial charge is 0.389 e. The van der Waals surface area contributed by atoms with E-state index in [1.165, 1.54) is 6.07 Å². The van der Waals surface area contributed by atoms with Crippen LogP contribution in [0.15, 0.2) is 16.6 Å². The average Bonchev–Trinajstić information content (AvgIpc) is 2.16. The summed E-state index contributed by atoms with van der Waals surface area (Å²) in [5.41, 5.74) is -0.104. The molecule has 16 heavy (non-hydrogen) atoms. The van der Waals surface area contributed by atoms with Gasteiger partial charge in [-0.2, -0.15) is 5.26 Å². The third-order valence-corrected chi connectivity index (χ3v) is 2.88. The number of hydrogen-bond donors (Lipinski definition) is 2. The second-order valence-corrected chi connectivity index (χ2v) is 4.45. The van der Waals surface area contributed by atoms with Crippen LogP contribution in [-0.2, 0) is 0 Å². The van der Waals surface area contributed by atoms with Crippen molar-refractivity contribution in [3.05, 3.63) is 33.0 Å². The number of halogens is 3. The molecule has 0 fully saturated rings. The van der Waals surface area contributed by atoms with Crippen LogP contribution in [0.5, 0.6) is 0 Å². The van der Waals surface area contributed by atoms with Gasteiger partial charge < -0.3 is 10.2 Å². The molecule has 86 valence electrons. The molecule has 1 rings (SSSR count). The first kappa shape index (κ1) is 13.4. The van der Waals surface area contributed by atoms with Crippen molar-refractivity contribution in [2.45, 2.75) is 18.6 Å². The zero-order chi connectivity index (χ0) is 12.3. The monoisotopic (exact) mass is 307 g/mol. The van der Waals surface area contributed by atoms with Crippen LogP contribution in [0.25, 0.3) is 0 Å². The van der Waals surface area contributed by atoms with Crippen molar-refractivity contribution in [2.75, 3.05) is 0 Å². The lowest BCUT2D eigenvalue weighted by Gasteiger charge is -2.17. The van der Waals surface area contributed by atoms with E-state index >= 15 is 0 Å². The standard InChI is InChI=1S/C10H8BrClFNO2/c11-6-3-5(12)4-7(13)9(6)10(16)8(15)1-2-14/h3-4,8,10,15-16H,1H2. The lowest BCUT2D eigenvalue weighted by Crippen LogP contribution is -2.19. The third kappa shape index (κ3) is 2.92. The van der Waals surface area contributed by atoms with Gasteiger partial charge in [-0.05, 0) is 12.1 Å². The predicted octanol–water partition coefficient (Wildman–Crippen LogP) is 2.55. The number of nitriles is 1. The molecule has 0 heterocycles. The highest BCUT2D eigenvalue weighted by molar-refractivity contribution is 9.10. The smallest absolute Gasteiger partial charge is 0.131 e. The SMILES string of the molecule is N#CCC(O)C(O)c1c(F)cc(Cl)cc1Br. The number of aliphatic hydroxyl groups excluding tert-OH is 2. The van der Waals surface area contributed by atoms with Gasteiger partial charge in [-0.15, -0.1) is 0 Å². The van der Waals surface area contributed by atoms with Crippen LogP contribution in [0.3, 0.4) is 0 Å². The van der Waals surface area contributed by atoms with E-state index in [9.17, 15) is 14.6 Å². The molecule has 3 nitrogen and oxygen atoms in total. The van der Waals surface area contributed by atoms with E-state index in [-0.39, 0.29) is 21.5 Å². The van der Waals surface area contributed by atoms with Crippen LogP contribution >= 0.6 is 27.5 Å². The van der Waals surface area contributed by atoms with Crippen molar-refractivity contribution in [3.63, 3.8) is 0 Å². The topological polar surface area (TPSA) is 64.2 Å². The summed E-state index contributed by atoms with van der Waals surface area (Å²) in [6, 6.07) is 4.13. The van der Waals surface area contributed by atoms with E-state index in [0.29, 0.717) is 0 Å². The Morgan fingerprint density at radius 3 is 2.62 bits per heavy atom. The van der Waals surface area contributed by atoms with Crippen molar-refractivity contribution < 1.29 is 14.6 Å². The number of aliphatic hydroxyl groups is 2. The van der Waals surface area contributed by atoms with E-state index in [1.54, 1.807) is 6.07 Å². The van der Waals surface area contributed by atoms with Gasteiger partial charge in [0, 0.05) is 15.1 Å². The summed E-state index contributed by atoms with van der Waals surface area (Å²) >= 11 is 8.64. The van der Waals surface area contributed by atoms with E-state index in [0.717, 1.165) is 6.07 Å². The molecular weight excluding hydrogens is 300 g/mol. The van der Waals surface area contributed by atoms with Crippen molar-refractivity contribution in [2.24, 2.45) is 0 Å². The minimum absolute atomic E-state index is 0.104. The fraction of sp³-hybridized carbons (Fsp3) is 0.300. The lowest BCUT2D eigenvalue weighted by molar-refractivity contribution is 0.0190. The Morgan fingerprint density at radius 1 is 1.50 bits per heavy atom. The van der Waals surface area contributed by atoms with Gasteiger partial charge in [0.25, 0.3) is 0 Å². The quantitative estimate of drug-likeness (QED) is 0.902. The van der Waals surface area contributed by atoms with Gasteiger partial charge in [0.05, 0.1) is 18.6 Å². The van der Waals surface area contributed by atoms with Crippen molar-refractivity contribution in [1.29, 1.82) is 5.26 Å². The zero-order valence-corrected chi connectivity index (χ0v) is 10.3. The molecule has 1 aromatic rings. The lowest BCUT2D eigenvalue weighted by atomic mass is 10.0. The highest BCUT2D eigenvalue weighted by atomic mass is 79.9. The molecule has 0 aliphatic heterocycles. The summed E-state index contributed by atoms with van der Waals surface area (Å²) in [5, 5.41) is 27.6. The maximum absolute atomic E-state index is 13.5. The number of rotatable bonds is 3. The van der Waals surface area contributed by atoms with Gasteiger partial charge in [0.15, 0.2) is 0 Å². The Balaban J connectivity index is 3.09. The molecule has 2 unspecified atom stereocenters. The number of hydrogen-bond acceptors (Lipinski definition) is 3. The van der Waals surface area contributed by atoms with Gasteiger partial charge in [0.1, 0.15) is 11.9 Å². The highest BCUT2D eigenvalue weighted by Gasteiger charge is 2.24. The third-order valence-electron chi connectivity index (χ3n) is 2.00. The summed E-state index contributed by atoms with van der Waals surface area (Å²) in [7, 11) is 0. The Morgan fingerprint density at radius 2 is 2.12 bits per heavy atom. The molecule has 0 aliphatic rings. The van der Waals surface area contributed by atoms with E-state index in [2.05, 4.69) is 15.9 Å². The molecule has 0 bridgehead atoms. The molecule has 0 radical (unpaired) electrons. The fourth-order valence-corrected chi connectivity index (χ4v) is 2.24. The molecular formula is C10H8BrClFNO2. The molecule has 2 atom stereocenters. The van der Waals surface area contributed by atoms with Crippen LogP contribution in [-0.4, -0.2) is 16.3 Å². The summed E-state index contributed by atoms with van der Waals surface area (Å²) < 4.78 is 13.7. The zero-order valence-electron chi connectivity index (χ0n) is 7.99. The number of benzene rings is 1. The molecule has 2 N–H and O–H groups in total. The van der Waals surface area contributed by atoms with Crippen LogP contribution in [0.4, 0.5) is 4.39 Å². The van der Waals surface area contributed by atoms with Crippen molar-refractivity contribution >= 4 is 27.5 Å². The second kappa shape index (κ2) is 5.60. The van der Waals surface area contributed by atoms with Crippen molar-refractivity contribution in [1.82, 2.24) is 0 Å². The van der Waals surface area contributed by atoms with E-state index < -0.39 is 18.0 Å². The van der Waals surface area contributed by atoms with Crippen molar-refractivity contribution in [3.8, 4) is 6.07 Å². The molecule has 0 aromatic heterocycles. The molecule has 6 heteroatoms. The van der Waals surface area contributed by atoms with Gasteiger partial charge in [-0.3, -0.25) is 0 Å². The first-order valence-electron chi connectivity index (χ1n) is 4.35. The van der Waals surface area contributed by atoms with Gasteiger partial charge in [0.2, 0.25) is 0 Å². The molecule has 0 saturated carbocycles. The second-order valence-electron chi connectivity index (χ2n) is 3.16. The minimum Gasteiger partial charge on any atom is -0.389 e. The summed E-state index contributed by atoms with van der Waals surface area (Å²) in [4.78, 5) is 0. The van der Waals surface area contributed by atoms with Crippen LogP contribution in [0.2, 0.25) is 5.02 Å². The van der Waals surface area contributed by atoms with Gasteiger partial charge in [-0.25, -0.2) is 4.39 Å². The summed E-state index contributed by atoms with van der Waals surface area (Å²) in [5.74, 6) is -0.733. The van der Waals surface area contributed by atoms with Crippen LogP contribution in [0.1, 0.15) is 18.1 Å². The fourth-order valence-electron chi connectivity index (χ4n) is 1.23. The Bertz CT molecular complexity index is 412. The van der Waals surface area contributed by atoms with E-state index in [4.69, 9.17) is 16.9 Å². The van der Waals surface area contributed by atoms with Gasteiger partial charge >= 0.3 is 0 Å². The first-order chi connectivity index (χ1) is 7.47. The summed E-state index contributed by atoms with van der Waals surface area (Å²) in [6.07, 6.45) is -3.08.